The Hall–Kier alpha value is -1.20. The minimum Gasteiger partial charge on any atom is -0.477 e. The molecule has 0 aromatic rings. The van der Waals surface area contributed by atoms with Gasteiger partial charge in [0.1, 0.15) is 12.7 Å². The molecule has 0 aliphatic carbocycles. The molecule has 0 aromatic heterocycles. The summed E-state index contributed by atoms with van der Waals surface area (Å²) < 4.78 is 0.308. The van der Waals surface area contributed by atoms with Crippen LogP contribution in [0.1, 0.15) is 71.1 Å². The molecule has 0 aromatic carbocycles. The second-order valence-corrected chi connectivity index (χ2v) is 6.52. The Morgan fingerprint density at radius 2 is 1.74 bits per heavy atom. The van der Waals surface area contributed by atoms with E-state index in [1.54, 1.807) is 6.20 Å². The summed E-state index contributed by atoms with van der Waals surface area (Å²) in [5.74, 6) is 0.158. The van der Waals surface area contributed by atoms with Gasteiger partial charge >= 0.3 is 5.97 Å². The Morgan fingerprint density at radius 3 is 2.30 bits per heavy atom. The number of nitrogens with two attached hydrogens (primary N) is 1. The summed E-state index contributed by atoms with van der Waals surface area (Å²) in [7, 11) is 0. The second kappa shape index (κ2) is 11.4. The van der Waals surface area contributed by atoms with Gasteiger partial charge in [-0.1, -0.05) is 58.3 Å². The highest BCUT2D eigenvalue weighted by atomic mass is 16.4. The van der Waals surface area contributed by atoms with Crippen molar-refractivity contribution in [3.05, 3.63) is 12.4 Å². The van der Waals surface area contributed by atoms with Crippen LogP contribution in [0.2, 0.25) is 0 Å². The Kier molecular flexibility index (Phi) is 9.80. The van der Waals surface area contributed by atoms with Gasteiger partial charge in [0.05, 0.1) is 6.20 Å². The van der Waals surface area contributed by atoms with E-state index in [1.807, 2.05) is 6.20 Å². The fourth-order valence-electron chi connectivity index (χ4n) is 3.23. The molecule has 0 spiro atoms. The minimum absolute atomic E-state index is 0.0456. The number of carboxylic acid groups (broad SMARTS) is 1. The quantitative estimate of drug-likeness (QED) is 0.378. The fourth-order valence-corrected chi connectivity index (χ4v) is 3.23. The van der Waals surface area contributed by atoms with Gasteiger partial charge in [0.25, 0.3) is 0 Å². The summed E-state index contributed by atoms with van der Waals surface area (Å²) in [5, 5.41) is 9.17. The number of carbonyl (C=O) groups is 1. The van der Waals surface area contributed by atoms with Crippen molar-refractivity contribution in [1.82, 2.24) is 0 Å². The Bertz CT molecular complexity index is 407. The van der Waals surface area contributed by atoms with Crippen LogP contribution in [0.15, 0.2) is 17.4 Å². The molecular formula is C18H34N3O2+. The maximum atomic E-state index is 11.2. The molecule has 1 unspecified atom stereocenters. The molecule has 0 saturated carbocycles. The molecule has 0 saturated heterocycles. The first-order valence-corrected chi connectivity index (χ1v) is 9.18. The molecule has 0 amide bonds. The number of hydrogen-bond acceptors (Lipinski definition) is 3. The van der Waals surface area contributed by atoms with Crippen LogP contribution in [0.4, 0.5) is 0 Å². The number of amidine groups is 1. The van der Waals surface area contributed by atoms with Crippen molar-refractivity contribution in [2.45, 2.75) is 71.1 Å². The average Bonchev–Trinajstić information content (AvgIpc) is 2.87. The largest absolute Gasteiger partial charge is 0.477 e. The van der Waals surface area contributed by atoms with Gasteiger partial charge in [-0.05, 0) is 6.42 Å². The van der Waals surface area contributed by atoms with Gasteiger partial charge in [-0.15, -0.1) is 0 Å². The van der Waals surface area contributed by atoms with Crippen LogP contribution in [0, 0.1) is 0 Å². The topological polar surface area (TPSA) is 75.7 Å². The number of aliphatic carboxylic acids is 1. The van der Waals surface area contributed by atoms with Gasteiger partial charge in [0, 0.05) is 13.0 Å². The summed E-state index contributed by atoms with van der Waals surface area (Å²) in [6.07, 6.45) is 16.1. The molecule has 0 radical (unpaired) electrons. The van der Waals surface area contributed by atoms with Crippen LogP contribution in [0.3, 0.4) is 0 Å². The minimum atomic E-state index is -0.801. The van der Waals surface area contributed by atoms with Crippen LogP contribution in [0.5, 0.6) is 0 Å². The number of rotatable bonds is 14. The number of aliphatic imine (C=N–C) groups is 1. The van der Waals surface area contributed by atoms with E-state index in [0.717, 1.165) is 18.7 Å². The lowest BCUT2D eigenvalue weighted by Gasteiger charge is -2.30. The van der Waals surface area contributed by atoms with Crippen molar-refractivity contribution >= 4 is 11.8 Å². The predicted octanol–water partition coefficient (Wildman–Crippen LogP) is 3.65. The number of hydrogen-bond donors (Lipinski definition) is 2. The van der Waals surface area contributed by atoms with Crippen molar-refractivity contribution in [2.75, 3.05) is 19.6 Å². The highest BCUT2D eigenvalue weighted by molar-refractivity contribution is 5.81. The van der Waals surface area contributed by atoms with Crippen molar-refractivity contribution < 1.29 is 14.4 Å². The third-order valence-corrected chi connectivity index (χ3v) is 4.54. The van der Waals surface area contributed by atoms with Crippen LogP contribution in [-0.4, -0.2) is 41.0 Å². The van der Waals surface area contributed by atoms with Crippen LogP contribution in [-0.2, 0) is 4.79 Å². The molecule has 1 aliphatic rings. The number of carboxylic acids is 1. The average molecular weight is 324 g/mol. The Morgan fingerprint density at radius 1 is 1.13 bits per heavy atom. The van der Waals surface area contributed by atoms with Crippen molar-refractivity contribution in [1.29, 1.82) is 0 Å². The first-order valence-electron chi connectivity index (χ1n) is 9.18. The molecule has 0 fully saturated rings. The SMILES string of the molecule is CCCCCCCCCCCC1=NC=C[N+]1(CCN)CC(=O)O. The van der Waals surface area contributed by atoms with E-state index in [4.69, 9.17) is 10.8 Å². The second-order valence-electron chi connectivity index (χ2n) is 6.52. The number of nitrogens with zero attached hydrogens (tertiary/aromatic N) is 2. The van der Waals surface area contributed by atoms with Gasteiger partial charge < -0.3 is 10.8 Å². The molecule has 0 bridgehead atoms. The first-order chi connectivity index (χ1) is 11.1. The van der Waals surface area contributed by atoms with E-state index in [0.29, 0.717) is 17.6 Å². The highest BCUT2D eigenvalue weighted by Crippen LogP contribution is 2.21. The standard InChI is InChI=1S/C18H33N3O2/c1-2-3-4-5-6-7-8-9-10-11-17-20-13-15-21(17,14-12-19)16-18(22)23/h13,15H,2-12,14,16,19H2,1H3/p+1. The smallest absolute Gasteiger partial charge is 0.360 e. The lowest BCUT2D eigenvalue weighted by Crippen LogP contribution is -2.52. The van der Waals surface area contributed by atoms with Gasteiger partial charge in [-0.25, -0.2) is 14.3 Å². The van der Waals surface area contributed by atoms with E-state index in [1.165, 1.54) is 51.4 Å². The molecule has 3 N–H and O–H groups in total. The monoisotopic (exact) mass is 324 g/mol. The van der Waals surface area contributed by atoms with E-state index >= 15 is 0 Å². The number of quaternary nitrogens is 1. The van der Waals surface area contributed by atoms with Crippen LogP contribution >= 0.6 is 0 Å². The summed E-state index contributed by atoms with van der Waals surface area (Å²) in [5.41, 5.74) is 5.68. The molecule has 132 valence electrons. The summed E-state index contributed by atoms with van der Waals surface area (Å²) >= 11 is 0. The first kappa shape index (κ1) is 19.8. The lowest BCUT2D eigenvalue weighted by molar-refractivity contribution is -0.778. The highest BCUT2D eigenvalue weighted by Gasteiger charge is 2.36. The van der Waals surface area contributed by atoms with Crippen molar-refractivity contribution in [3.8, 4) is 0 Å². The van der Waals surface area contributed by atoms with E-state index in [-0.39, 0.29) is 6.54 Å². The summed E-state index contributed by atoms with van der Waals surface area (Å²) in [6.45, 7) is 3.37. The van der Waals surface area contributed by atoms with Gasteiger partial charge in [0.15, 0.2) is 6.54 Å². The lowest BCUT2D eigenvalue weighted by atomic mass is 10.1. The zero-order valence-electron chi connectivity index (χ0n) is 14.7. The molecular weight excluding hydrogens is 290 g/mol. The molecule has 1 aliphatic heterocycles. The zero-order chi connectivity index (χ0) is 17.0. The normalized spacial score (nSPS) is 20.0. The fraction of sp³-hybridized carbons (Fsp3) is 0.778. The molecule has 1 atom stereocenters. The molecule has 5 nitrogen and oxygen atoms in total. The van der Waals surface area contributed by atoms with Crippen molar-refractivity contribution in [2.24, 2.45) is 10.7 Å². The maximum absolute atomic E-state index is 11.2. The Labute approximate surface area is 140 Å². The molecule has 1 heterocycles. The predicted molar refractivity (Wildman–Crippen MR) is 95.1 cm³/mol. The molecule has 5 heteroatoms. The van der Waals surface area contributed by atoms with Crippen LogP contribution < -0.4 is 5.73 Å². The van der Waals surface area contributed by atoms with Gasteiger partial charge in [0.2, 0.25) is 5.84 Å². The Balaban J connectivity index is 2.24. The third kappa shape index (κ3) is 7.27. The molecule has 1 rings (SSSR count). The van der Waals surface area contributed by atoms with Crippen molar-refractivity contribution in [3.63, 3.8) is 0 Å². The summed E-state index contributed by atoms with van der Waals surface area (Å²) in [6, 6.07) is 0. The van der Waals surface area contributed by atoms with E-state index in [9.17, 15) is 4.79 Å². The summed E-state index contributed by atoms with van der Waals surface area (Å²) in [4.78, 5) is 15.6. The van der Waals surface area contributed by atoms with Gasteiger partial charge in [-0.2, -0.15) is 0 Å². The zero-order valence-corrected chi connectivity index (χ0v) is 14.7. The maximum Gasteiger partial charge on any atom is 0.360 e. The van der Waals surface area contributed by atoms with E-state index in [2.05, 4.69) is 11.9 Å². The van der Waals surface area contributed by atoms with Crippen LogP contribution in [0.25, 0.3) is 0 Å². The molecule has 23 heavy (non-hydrogen) atoms. The number of unbranched alkanes of at least 4 members (excludes halogenated alkanes) is 8. The van der Waals surface area contributed by atoms with E-state index < -0.39 is 5.97 Å². The third-order valence-electron chi connectivity index (χ3n) is 4.54. The van der Waals surface area contributed by atoms with Gasteiger partial charge in [-0.3, -0.25) is 0 Å².